The van der Waals surface area contributed by atoms with Crippen LogP contribution in [-0.4, -0.2) is 36.0 Å². The Kier molecular flexibility index (Phi) is 10.5. The molecule has 2 aromatic carbocycles. The van der Waals surface area contributed by atoms with Gasteiger partial charge in [-0.15, -0.1) is 0 Å². The number of aliphatic hydroxyl groups is 1. The molecular weight excluding hydrogens is 388 g/mol. The minimum atomic E-state index is -0.892. The number of nitrogens with one attached hydrogen (secondary N) is 1. The van der Waals surface area contributed by atoms with Crippen molar-refractivity contribution in [2.45, 2.75) is 51.5 Å². The van der Waals surface area contributed by atoms with Crippen molar-refractivity contribution in [1.29, 1.82) is 0 Å². The zero-order valence-electron chi connectivity index (χ0n) is 18.2. The first-order valence-corrected chi connectivity index (χ1v) is 10.9. The van der Waals surface area contributed by atoms with E-state index in [9.17, 15) is 9.59 Å². The molecule has 5 heteroatoms. The lowest BCUT2D eigenvalue weighted by atomic mass is 10.0. The maximum absolute atomic E-state index is 12.2. The fourth-order valence-corrected chi connectivity index (χ4v) is 3.16. The number of hydrogen-bond acceptors (Lipinski definition) is 4. The van der Waals surface area contributed by atoms with Gasteiger partial charge in [0.05, 0.1) is 0 Å². The molecule has 0 aliphatic carbocycles. The average molecular weight is 421 g/mol. The molecule has 0 radical (unpaired) electrons. The summed E-state index contributed by atoms with van der Waals surface area (Å²) in [6.07, 6.45) is 7.52. The van der Waals surface area contributed by atoms with Gasteiger partial charge in [0.2, 0.25) is 0 Å². The van der Waals surface area contributed by atoms with E-state index in [1.807, 2.05) is 12.1 Å². The van der Waals surface area contributed by atoms with E-state index < -0.39 is 24.3 Å². The van der Waals surface area contributed by atoms with Gasteiger partial charge in [0.15, 0.2) is 5.78 Å². The highest BCUT2D eigenvalue weighted by molar-refractivity contribution is 5.98. The third-order valence-corrected chi connectivity index (χ3v) is 5.11. The number of benzene rings is 2. The normalized spacial score (nSPS) is 11.3. The summed E-state index contributed by atoms with van der Waals surface area (Å²) in [5.74, 6) is 5.32. The summed E-state index contributed by atoms with van der Waals surface area (Å²) in [5, 5.41) is 11.5. The fraction of sp³-hybridized carbons (Fsp3) is 0.385. The Morgan fingerprint density at radius 2 is 1.52 bits per heavy atom. The van der Waals surface area contributed by atoms with Crippen LogP contribution in [0.1, 0.15) is 66.1 Å². The number of Topliss-reactive ketones (excluding diaryl/α,β-unsaturated/α-hetero) is 1. The predicted molar refractivity (Wildman–Crippen MR) is 124 cm³/mol. The van der Waals surface area contributed by atoms with E-state index >= 15 is 0 Å². The van der Waals surface area contributed by atoms with Crippen molar-refractivity contribution >= 4 is 11.7 Å². The number of carbonyl (C=O) groups is 2. The van der Waals surface area contributed by atoms with Crippen molar-refractivity contribution in [2.75, 3.05) is 13.2 Å². The molecule has 0 heterocycles. The molecule has 0 aliphatic rings. The fourth-order valence-electron chi connectivity index (χ4n) is 3.16. The standard InChI is InChI=1S/C26H32N2O3/c1-2-3-4-5-6-7-20-8-10-21(11-9-20)12-13-22-14-16-23(17-15-22)26(31)28-24(18-27)25(30)19-29/h8-11,14-17,24,29H,2-7,18-19,27H2,1H3,(H,28,31)/t24-/m0/s1. The van der Waals surface area contributed by atoms with Gasteiger partial charge in [0.25, 0.3) is 5.91 Å². The topological polar surface area (TPSA) is 92.4 Å². The zero-order valence-corrected chi connectivity index (χ0v) is 18.2. The lowest BCUT2D eigenvalue weighted by Crippen LogP contribution is -2.46. The molecule has 0 fully saturated rings. The Balaban J connectivity index is 1.90. The number of aryl methyl sites for hydroxylation is 1. The molecule has 4 N–H and O–H groups in total. The van der Waals surface area contributed by atoms with Crippen molar-refractivity contribution in [3.8, 4) is 11.8 Å². The monoisotopic (exact) mass is 420 g/mol. The Hall–Kier alpha value is -2.94. The first-order valence-electron chi connectivity index (χ1n) is 10.9. The minimum absolute atomic E-state index is 0.0632. The summed E-state index contributed by atoms with van der Waals surface area (Å²) < 4.78 is 0. The van der Waals surface area contributed by atoms with Crippen molar-refractivity contribution in [3.63, 3.8) is 0 Å². The maximum Gasteiger partial charge on any atom is 0.251 e. The largest absolute Gasteiger partial charge is 0.388 e. The summed E-state index contributed by atoms with van der Waals surface area (Å²) in [5.41, 5.74) is 8.96. The van der Waals surface area contributed by atoms with Crippen LogP contribution in [0.15, 0.2) is 48.5 Å². The van der Waals surface area contributed by atoms with Crippen LogP contribution in [0, 0.1) is 11.8 Å². The second kappa shape index (κ2) is 13.4. The number of nitrogens with two attached hydrogens (primary N) is 1. The van der Waals surface area contributed by atoms with E-state index in [0.29, 0.717) is 5.56 Å². The number of hydrogen-bond donors (Lipinski definition) is 3. The smallest absolute Gasteiger partial charge is 0.251 e. The van der Waals surface area contributed by atoms with Crippen LogP contribution >= 0.6 is 0 Å². The quantitative estimate of drug-likeness (QED) is 0.384. The summed E-state index contributed by atoms with van der Waals surface area (Å²) in [4.78, 5) is 23.8. The Labute approximate surface area is 185 Å². The first-order chi connectivity index (χ1) is 15.1. The van der Waals surface area contributed by atoms with Crippen LogP contribution in [0.3, 0.4) is 0 Å². The van der Waals surface area contributed by atoms with Gasteiger partial charge in [0.1, 0.15) is 12.6 Å². The van der Waals surface area contributed by atoms with E-state index in [2.05, 4.69) is 36.2 Å². The summed E-state index contributed by atoms with van der Waals surface area (Å²) in [6.45, 7) is 1.51. The second-order valence-electron chi connectivity index (χ2n) is 7.57. The second-order valence-corrected chi connectivity index (χ2v) is 7.57. The van der Waals surface area contributed by atoms with Crippen molar-refractivity contribution in [1.82, 2.24) is 5.32 Å². The Morgan fingerprint density at radius 1 is 0.935 bits per heavy atom. The molecule has 1 amide bonds. The Bertz CT molecular complexity index is 893. The average Bonchev–Trinajstić information content (AvgIpc) is 2.81. The number of rotatable bonds is 11. The van der Waals surface area contributed by atoms with Crippen LogP contribution in [0.25, 0.3) is 0 Å². The molecule has 2 aromatic rings. The lowest BCUT2D eigenvalue weighted by molar-refractivity contribution is -0.123. The zero-order chi connectivity index (χ0) is 22.5. The highest BCUT2D eigenvalue weighted by Crippen LogP contribution is 2.10. The summed E-state index contributed by atoms with van der Waals surface area (Å²) in [6, 6.07) is 14.3. The number of ketones is 1. The molecule has 5 nitrogen and oxygen atoms in total. The number of amides is 1. The third kappa shape index (κ3) is 8.37. The molecular formula is C26H32N2O3. The minimum Gasteiger partial charge on any atom is -0.388 e. The van der Waals surface area contributed by atoms with Crippen LogP contribution in [-0.2, 0) is 11.2 Å². The van der Waals surface area contributed by atoms with Crippen molar-refractivity contribution < 1.29 is 14.7 Å². The highest BCUT2D eigenvalue weighted by Gasteiger charge is 2.18. The van der Waals surface area contributed by atoms with Gasteiger partial charge in [0, 0.05) is 23.2 Å². The molecule has 0 saturated heterocycles. The van der Waals surface area contributed by atoms with Gasteiger partial charge in [-0.2, -0.15) is 0 Å². The molecule has 0 unspecified atom stereocenters. The molecule has 0 aromatic heterocycles. The summed E-state index contributed by atoms with van der Waals surface area (Å²) >= 11 is 0. The molecule has 0 saturated carbocycles. The van der Waals surface area contributed by atoms with Gasteiger partial charge in [-0.3, -0.25) is 9.59 Å². The van der Waals surface area contributed by atoms with Crippen LogP contribution in [0.4, 0.5) is 0 Å². The molecule has 0 bridgehead atoms. The van der Waals surface area contributed by atoms with Gasteiger partial charge < -0.3 is 16.2 Å². The van der Waals surface area contributed by atoms with Gasteiger partial charge >= 0.3 is 0 Å². The van der Waals surface area contributed by atoms with Crippen molar-refractivity contribution in [3.05, 3.63) is 70.8 Å². The molecule has 0 aliphatic heterocycles. The summed E-state index contributed by atoms with van der Waals surface area (Å²) in [7, 11) is 0. The predicted octanol–water partition coefficient (Wildman–Crippen LogP) is 3.22. The van der Waals surface area contributed by atoms with Crippen LogP contribution in [0.5, 0.6) is 0 Å². The Morgan fingerprint density at radius 3 is 2.06 bits per heavy atom. The van der Waals surface area contributed by atoms with E-state index in [4.69, 9.17) is 10.8 Å². The number of unbranched alkanes of at least 4 members (excludes halogenated alkanes) is 4. The molecule has 0 spiro atoms. The van der Waals surface area contributed by atoms with E-state index in [1.54, 1.807) is 24.3 Å². The number of aliphatic hydroxyl groups excluding tert-OH is 1. The lowest BCUT2D eigenvalue weighted by Gasteiger charge is -2.14. The molecule has 31 heavy (non-hydrogen) atoms. The molecule has 164 valence electrons. The third-order valence-electron chi connectivity index (χ3n) is 5.11. The molecule has 2 rings (SSSR count). The number of carbonyl (C=O) groups excluding carboxylic acids is 2. The van der Waals surface area contributed by atoms with Crippen LogP contribution < -0.4 is 11.1 Å². The van der Waals surface area contributed by atoms with Crippen molar-refractivity contribution in [2.24, 2.45) is 5.73 Å². The van der Waals surface area contributed by atoms with E-state index in [-0.39, 0.29) is 6.54 Å². The van der Waals surface area contributed by atoms with E-state index in [0.717, 1.165) is 17.5 Å². The molecule has 1 atom stereocenters. The SMILES string of the molecule is CCCCCCCc1ccc(C#Cc2ccc(C(=O)N[C@@H](CN)C(=O)CO)cc2)cc1. The van der Waals surface area contributed by atoms with Gasteiger partial charge in [-0.1, -0.05) is 56.6 Å². The van der Waals surface area contributed by atoms with E-state index in [1.165, 1.54) is 37.7 Å². The van der Waals surface area contributed by atoms with Gasteiger partial charge in [-0.05, 0) is 54.8 Å². The van der Waals surface area contributed by atoms with Crippen LogP contribution in [0.2, 0.25) is 0 Å². The first kappa shape index (κ1) is 24.3. The highest BCUT2D eigenvalue weighted by atomic mass is 16.3. The maximum atomic E-state index is 12.2. The van der Waals surface area contributed by atoms with Gasteiger partial charge in [-0.25, -0.2) is 0 Å².